The molecule has 5 nitrogen and oxygen atoms in total. The number of hydrogen-bond donors (Lipinski definition) is 1. The molecule has 2 aromatic rings. The van der Waals surface area contributed by atoms with Crippen LogP contribution in [0.4, 0.5) is 0 Å². The van der Waals surface area contributed by atoms with Crippen molar-refractivity contribution in [3.05, 3.63) is 30.4 Å². The van der Waals surface area contributed by atoms with Crippen molar-refractivity contribution in [2.45, 2.75) is 43.7 Å². The summed E-state index contributed by atoms with van der Waals surface area (Å²) in [6, 6.07) is 0.327. The molecule has 112 valence electrons. The summed E-state index contributed by atoms with van der Waals surface area (Å²) < 4.78 is 7.98. The maximum atomic E-state index is 6.07. The summed E-state index contributed by atoms with van der Waals surface area (Å²) in [6.45, 7) is 0.889. The van der Waals surface area contributed by atoms with E-state index in [1.165, 1.54) is 24.8 Å². The Balaban J connectivity index is 1.64. The average Bonchev–Trinajstić information content (AvgIpc) is 2.91. The third-order valence-corrected chi connectivity index (χ3v) is 5.27. The number of ether oxygens (including phenoxy) is 1. The lowest BCUT2D eigenvalue weighted by molar-refractivity contribution is -0.147. The zero-order chi connectivity index (χ0) is 14.3. The van der Waals surface area contributed by atoms with Gasteiger partial charge in [0.2, 0.25) is 0 Å². The van der Waals surface area contributed by atoms with E-state index in [-0.39, 0.29) is 5.60 Å². The molecule has 1 aliphatic carbocycles. The maximum absolute atomic E-state index is 6.07. The van der Waals surface area contributed by atoms with Crippen molar-refractivity contribution in [2.24, 2.45) is 5.92 Å². The van der Waals surface area contributed by atoms with Gasteiger partial charge in [0.25, 0.3) is 0 Å². The van der Waals surface area contributed by atoms with Gasteiger partial charge in [0, 0.05) is 30.6 Å². The smallest absolute Gasteiger partial charge is 0.0892 e. The Bertz CT molecular complexity index is 634. The average molecular weight is 286 g/mol. The first-order chi connectivity index (χ1) is 10.3. The maximum Gasteiger partial charge on any atom is 0.0892 e. The van der Waals surface area contributed by atoms with Crippen LogP contribution in [0, 0.1) is 5.92 Å². The molecule has 0 radical (unpaired) electrons. The van der Waals surface area contributed by atoms with Gasteiger partial charge < -0.3 is 10.1 Å². The van der Waals surface area contributed by atoms with E-state index in [0.717, 1.165) is 25.0 Å². The second kappa shape index (κ2) is 5.07. The first-order valence-corrected chi connectivity index (χ1v) is 7.90. The molecule has 0 bridgehead atoms. The zero-order valence-electron chi connectivity index (χ0n) is 12.5. The van der Waals surface area contributed by atoms with E-state index in [4.69, 9.17) is 4.74 Å². The summed E-state index contributed by atoms with van der Waals surface area (Å²) >= 11 is 0. The molecule has 2 fully saturated rings. The SMILES string of the molecule is CNC(c1cnn2ccncc12)C1CCOC2(CCC2)C1. The highest BCUT2D eigenvalue weighted by molar-refractivity contribution is 5.53. The van der Waals surface area contributed by atoms with Gasteiger partial charge in [0.1, 0.15) is 0 Å². The van der Waals surface area contributed by atoms with Crippen LogP contribution in [0.15, 0.2) is 24.8 Å². The van der Waals surface area contributed by atoms with Gasteiger partial charge in [0.05, 0.1) is 23.5 Å². The van der Waals surface area contributed by atoms with E-state index < -0.39 is 0 Å². The van der Waals surface area contributed by atoms with Crippen LogP contribution in [-0.2, 0) is 4.74 Å². The third kappa shape index (κ3) is 2.15. The predicted octanol–water partition coefficient (Wildman–Crippen LogP) is 2.34. The molecule has 1 spiro atoms. The van der Waals surface area contributed by atoms with Crippen molar-refractivity contribution >= 4 is 5.52 Å². The summed E-state index contributed by atoms with van der Waals surface area (Å²) in [6.07, 6.45) is 13.6. The second-order valence-electron chi connectivity index (χ2n) is 6.41. The molecule has 1 N–H and O–H groups in total. The monoisotopic (exact) mass is 286 g/mol. The van der Waals surface area contributed by atoms with Gasteiger partial charge in [-0.1, -0.05) is 0 Å². The Morgan fingerprint density at radius 3 is 3.10 bits per heavy atom. The molecule has 2 atom stereocenters. The van der Waals surface area contributed by atoms with Crippen LogP contribution in [0.1, 0.15) is 43.7 Å². The Morgan fingerprint density at radius 2 is 2.33 bits per heavy atom. The Morgan fingerprint density at radius 1 is 1.43 bits per heavy atom. The largest absolute Gasteiger partial charge is 0.375 e. The number of rotatable bonds is 3. The highest BCUT2D eigenvalue weighted by atomic mass is 16.5. The van der Waals surface area contributed by atoms with Crippen molar-refractivity contribution in [3.8, 4) is 0 Å². The van der Waals surface area contributed by atoms with Gasteiger partial charge in [-0.15, -0.1) is 0 Å². The molecular weight excluding hydrogens is 264 g/mol. The quantitative estimate of drug-likeness (QED) is 0.941. The molecule has 5 heteroatoms. The minimum Gasteiger partial charge on any atom is -0.375 e. The molecule has 4 rings (SSSR count). The summed E-state index contributed by atoms with van der Waals surface area (Å²) in [5.41, 5.74) is 2.54. The predicted molar refractivity (Wildman–Crippen MR) is 80.0 cm³/mol. The summed E-state index contributed by atoms with van der Waals surface area (Å²) in [7, 11) is 2.05. The van der Waals surface area contributed by atoms with Crippen LogP contribution in [0.25, 0.3) is 5.52 Å². The Labute approximate surface area is 124 Å². The highest BCUT2D eigenvalue weighted by Crippen LogP contribution is 2.47. The number of aromatic nitrogens is 3. The zero-order valence-corrected chi connectivity index (χ0v) is 12.5. The fourth-order valence-corrected chi connectivity index (χ4v) is 4.01. The third-order valence-electron chi connectivity index (χ3n) is 5.27. The highest BCUT2D eigenvalue weighted by Gasteiger charge is 2.44. The van der Waals surface area contributed by atoms with E-state index in [0.29, 0.717) is 12.0 Å². The lowest BCUT2D eigenvalue weighted by Gasteiger charge is -2.48. The molecule has 21 heavy (non-hydrogen) atoms. The van der Waals surface area contributed by atoms with E-state index in [9.17, 15) is 0 Å². The molecule has 1 saturated carbocycles. The number of fused-ring (bicyclic) bond motifs is 1. The van der Waals surface area contributed by atoms with Crippen LogP contribution in [0.5, 0.6) is 0 Å². The van der Waals surface area contributed by atoms with E-state index >= 15 is 0 Å². The number of nitrogens with one attached hydrogen (secondary N) is 1. The van der Waals surface area contributed by atoms with Gasteiger partial charge in [-0.25, -0.2) is 4.52 Å². The summed E-state index contributed by atoms with van der Waals surface area (Å²) in [5.74, 6) is 0.609. The first-order valence-electron chi connectivity index (χ1n) is 7.90. The minimum absolute atomic E-state index is 0.180. The standard InChI is InChI=1S/C16H22N4O/c1-17-15(12-3-8-21-16(9-12)4-2-5-16)13-10-19-20-7-6-18-11-14(13)20/h6-7,10-12,15,17H,2-5,8-9H2,1H3. The molecule has 0 aromatic carbocycles. The van der Waals surface area contributed by atoms with Crippen molar-refractivity contribution in [3.63, 3.8) is 0 Å². The molecule has 2 aliphatic rings. The van der Waals surface area contributed by atoms with Crippen LogP contribution in [0.3, 0.4) is 0 Å². The van der Waals surface area contributed by atoms with Gasteiger partial charge in [-0.05, 0) is 45.1 Å². The topological polar surface area (TPSA) is 51.5 Å². The molecule has 2 unspecified atom stereocenters. The summed E-state index contributed by atoms with van der Waals surface area (Å²) in [5, 5.41) is 7.97. The number of hydrogen-bond acceptors (Lipinski definition) is 4. The molecule has 2 aromatic heterocycles. The van der Waals surface area contributed by atoms with Gasteiger partial charge in [-0.2, -0.15) is 5.10 Å². The van der Waals surface area contributed by atoms with Gasteiger partial charge in [-0.3, -0.25) is 4.98 Å². The molecule has 3 heterocycles. The molecule has 1 aliphatic heterocycles. The lowest BCUT2D eigenvalue weighted by Crippen LogP contribution is -2.47. The number of nitrogens with zero attached hydrogens (tertiary/aromatic N) is 3. The van der Waals surface area contributed by atoms with Crippen LogP contribution in [-0.4, -0.2) is 33.9 Å². The fraction of sp³-hybridized carbons (Fsp3) is 0.625. The molecular formula is C16H22N4O. The van der Waals surface area contributed by atoms with Crippen molar-refractivity contribution in [1.29, 1.82) is 0 Å². The van der Waals surface area contributed by atoms with Crippen LogP contribution < -0.4 is 5.32 Å². The van der Waals surface area contributed by atoms with Crippen LogP contribution >= 0.6 is 0 Å². The van der Waals surface area contributed by atoms with Crippen molar-refractivity contribution in [2.75, 3.05) is 13.7 Å². The van der Waals surface area contributed by atoms with E-state index in [2.05, 4.69) is 15.4 Å². The van der Waals surface area contributed by atoms with E-state index in [1.807, 2.05) is 30.2 Å². The second-order valence-corrected chi connectivity index (χ2v) is 6.41. The summed E-state index contributed by atoms with van der Waals surface area (Å²) in [4.78, 5) is 4.25. The lowest BCUT2D eigenvalue weighted by atomic mass is 9.70. The first kappa shape index (κ1) is 13.2. The van der Waals surface area contributed by atoms with Crippen molar-refractivity contribution < 1.29 is 4.74 Å². The van der Waals surface area contributed by atoms with Gasteiger partial charge >= 0.3 is 0 Å². The molecule has 0 amide bonds. The Hall–Kier alpha value is -1.46. The molecule has 1 saturated heterocycles. The fourth-order valence-electron chi connectivity index (χ4n) is 4.01. The van der Waals surface area contributed by atoms with E-state index in [1.54, 1.807) is 6.20 Å². The van der Waals surface area contributed by atoms with Crippen LogP contribution in [0.2, 0.25) is 0 Å². The van der Waals surface area contributed by atoms with Gasteiger partial charge in [0.15, 0.2) is 0 Å². The van der Waals surface area contributed by atoms with Crippen molar-refractivity contribution in [1.82, 2.24) is 19.9 Å². The minimum atomic E-state index is 0.180. The normalized spacial score (nSPS) is 25.9. The Kier molecular flexibility index (Phi) is 3.19.